The number of nitrogens with two attached hydrogens (primary N) is 1. The van der Waals surface area contributed by atoms with Gasteiger partial charge >= 0.3 is 0 Å². The summed E-state index contributed by atoms with van der Waals surface area (Å²) in [6.07, 6.45) is 0. The fourth-order valence-corrected chi connectivity index (χ4v) is 2.13. The lowest BCUT2D eigenvalue weighted by molar-refractivity contribution is 0.252. The van der Waals surface area contributed by atoms with Crippen molar-refractivity contribution in [1.29, 1.82) is 0 Å². The Morgan fingerprint density at radius 2 is 1.63 bits per heavy atom. The van der Waals surface area contributed by atoms with E-state index in [0.717, 1.165) is 5.56 Å². The van der Waals surface area contributed by atoms with Crippen LogP contribution in [0.1, 0.15) is 5.56 Å². The number of nitrogens with zero attached hydrogens (tertiary/aromatic N) is 1. The maximum Gasteiger partial charge on any atom is 0.288 e. The van der Waals surface area contributed by atoms with Gasteiger partial charge in [-0.2, -0.15) is 8.78 Å². The van der Waals surface area contributed by atoms with Crippen molar-refractivity contribution in [3.63, 3.8) is 0 Å². The third-order valence-corrected chi connectivity index (χ3v) is 3.17. The summed E-state index contributed by atoms with van der Waals surface area (Å²) < 4.78 is 24.9. The Balaban J connectivity index is 2.32. The van der Waals surface area contributed by atoms with Crippen molar-refractivity contribution in [1.82, 2.24) is 0 Å². The van der Waals surface area contributed by atoms with Crippen molar-refractivity contribution in [3.05, 3.63) is 60.2 Å². The molecule has 2 nitrogen and oxygen atoms in total. The third kappa shape index (κ3) is 3.79. The minimum atomic E-state index is -2.48. The first kappa shape index (κ1) is 13.5. The molecule has 0 aromatic heterocycles. The van der Waals surface area contributed by atoms with E-state index in [1.807, 2.05) is 30.3 Å². The number of rotatable bonds is 4. The number of para-hydroxylation sites is 1. The third-order valence-electron chi connectivity index (χ3n) is 2.39. The molecule has 0 unspecified atom stereocenters. The SMILES string of the molecule is NC(=Nc1ccccc1SC(F)F)c1ccccc1. The van der Waals surface area contributed by atoms with Crippen LogP contribution in [-0.4, -0.2) is 11.6 Å². The van der Waals surface area contributed by atoms with Crippen LogP contribution in [0, 0.1) is 0 Å². The van der Waals surface area contributed by atoms with E-state index in [1.165, 1.54) is 0 Å². The number of halogens is 2. The van der Waals surface area contributed by atoms with Gasteiger partial charge in [0.1, 0.15) is 5.84 Å². The predicted octanol–water partition coefficient (Wildman–Crippen LogP) is 4.04. The highest BCUT2D eigenvalue weighted by Crippen LogP contribution is 2.33. The van der Waals surface area contributed by atoms with Crippen LogP contribution in [0.15, 0.2) is 64.5 Å². The molecule has 2 aromatic rings. The number of benzene rings is 2. The van der Waals surface area contributed by atoms with Gasteiger partial charge in [-0.3, -0.25) is 0 Å². The molecule has 19 heavy (non-hydrogen) atoms. The second kappa shape index (κ2) is 6.33. The molecule has 5 heteroatoms. The molecule has 0 saturated heterocycles. The van der Waals surface area contributed by atoms with E-state index in [4.69, 9.17) is 5.73 Å². The quantitative estimate of drug-likeness (QED) is 0.521. The highest BCUT2D eigenvalue weighted by Gasteiger charge is 2.09. The number of hydrogen-bond donors (Lipinski definition) is 1. The summed E-state index contributed by atoms with van der Waals surface area (Å²) in [5.41, 5.74) is 7.10. The molecule has 0 saturated carbocycles. The van der Waals surface area contributed by atoms with E-state index in [9.17, 15) is 8.78 Å². The summed E-state index contributed by atoms with van der Waals surface area (Å²) in [4.78, 5) is 4.64. The first-order valence-electron chi connectivity index (χ1n) is 5.60. The lowest BCUT2D eigenvalue weighted by atomic mass is 10.2. The van der Waals surface area contributed by atoms with Crippen LogP contribution >= 0.6 is 11.8 Å². The summed E-state index contributed by atoms with van der Waals surface area (Å²) in [5.74, 6) is -2.17. The maximum absolute atomic E-state index is 12.4. The largest absolute Gasteiger partial charge is 0.383 e. The molecular formula is C14H12F2N2S. The van der Waals surface area contributed by atoms with Gasteiger partial charge < -0.3 is 5.73 Å². The molecule has 0 heterocycles. The van der Waals surface area contributed by atoms with Gasteiger partial charge in [0, 0.05) is 10.5 Å². The van der Waals surface area contributed by atoms with Crippen LogP contribution in [0.4, 0.5) is 14.5 Å². The normalized spacial score (nSPS) is 11.8. The molecule has 0 radical (unpaired) electrons. The Morgan fingerprint density at radius 1 is 1.00 bits per heavy atom. The van der Waals surface area contributed by atoms with Crippen molar-refractivity contribution in [2.45, 2.75) is 10.7 Å². The molecule has 0 bridgehead atoms. The van der Waals surface area contributed by atoms with Gasteiger partial charge in [-0.25, -0.2) is 4.99 Å². The fraction of sp³-hybridized carbons (Fsp3) is 0.0714. The van der Waals surface area contributed by atoms with Crippen LogP contribution in [0.5, 0.6) is 0 Å². The first-order chi connectivity index (χ1) is 9.16. The van der Waals surface area contributed by atoms with Gasteiger partial charge in [0.2, 0.25) is 0 Å². The standard InChI is InChI=1S/C14H12F2N2S/c15-14(16)19-12-9-5-4-8-11(12)18-13(17)10-6-2-1-3-7-10/h1-9,14H,(H2,17,18). The van der Waals surface area contributed by atoms with Crippen molar-refractivity contribution in [2.75, 3.05) is 0 Å². The molecule has 2 aromatic carbocycles. The summed E-state index contributed by atoms with van der Waals surface area (Å²) in [5, 5.41) is 0. The number of thioether (sulfide) groups is 1. The fourth-order valence-electron chi connectivity index (χ4n) is 1.55. The molecule has 2 rings (SSSR count). The Hall–Kier alpha value is -1.88. The topological polar surface area (TPSA) is 38.4 Å². The maximum atomic E-state index is 12.4. The zero-order chi connectivity index (χ0) is 13.7. The number of amidine groups is 1. The van der Waals surface area contributed by atoms with Crippen molar-refractivity contribution in [2.24, 2.45) is 10.7 Å². The smallest absolute Gasteiger partial charge is 0.288 e. The lowest BCUT2D eigenvalue weighted by Gasteiger charge is -2.06. The Labute approximate surface area is 114 Å². The van der Waals surface area contributed by atoms with Crippen LogP contribution in [0.25, 0.3) is 0 Å². The highest BCUT2D eigenvalue weighted by molar-refractivity contribution is 7.99. The zero-order valence-electron chi connectivity index (χ0n) is 9.96. The lowest BCUT2D eigenvalue weighted by Crippen LogP contribution is -2.12. The number of hydrogen-bond acceptors (Lipinski definition) is 2. The Bertz CT molecular complexity index is 571. The molecular weight excluding hydrogens is 266 g/mol. The van der Waals surface area contributed by atoms with Crippen LogP contribution < -0.4 is 5.73 Å². The molecule has 0 aliphatic rings. The monoisotopic (exact) mass is 278 g/mol. The van der Waals surface area contributed by atoms with Crippen LogP contribution in [-0.2, 0) is 0 Å². The van der Waals surface area contributed by atoms with Gasteiger partial charge in [0.15, 0.2) is 0 Å². The number of alkyl halides is 2. The van der Waals surface area contributed by atoms with Crippen molar-refractivity contribution >= 4 is 23.3 Å². The minimum absolute atomic E-state index is 0.308. The molecule has 0 aliphatic heterocycles. The van der Waals surface area contributed by atoms with E-state index in [0.29, 0.717) is 28.2 Å². The number of aliphatic imine (C=N–C) groups is 1. The van der Waals surface area contributed by atoms with E-state index >= 15 is 0 Å². The summed E-state index contributed by atoms with van der Waals surface area (Å²) in [7, 11) is 0. The van der Waals surface area contributed by atoms with E-state index < -0.39 is 5.76 Å². The average molecular weight is 278 g/mol. The molecule has 98 valence electrons. The van der Waals surface area contributed by atoms with Gasteiger partial charge in [0.25, 0.3) is 5.76 Å². The van der Waals surface area contributed by atoms with Crippen molar-refractivity contribution < 1.29 is 8.78 Å². The Morgan fingerprint density at radius 3 is 2.32 bits per heavy atom. The second-order valence-electron chi connectivity index (χ2n) is 3.71. The molecule has 0 fully saturated rings. The minimum Gasteiger partial charge on any atom is -0.383 e. The molecule has 0 spiro atoms. The van der Waals surface area contributed by atoms with Crippen LogP contribution in [0.3, 0.4) is 0 Å². The van der Waals surface area contributed by atoms with E-state index in [1.54, 1.807) is 24.3 Å². The van der Waals surface area contributed by atoms with Crippen LogP contribution in [0.2, 0.25) is 0 Å². The van der Waals surface area contributed by atoms with E-state index in [2.05, 4.69) is 4.99 Å². The molecule has 0 atom stereocenters. The van der Waals surface area contributed by atoms with Gasteiger partial charge in [0.05, 0.1) is 5.69 Å². The zero-order valence-corrected chi connectivity index (χ0v) is 10.8. The first-order valence-corrected chi connectivity index (χ1v) is 6.48. The second-order valence-corrected chi connectivity index (χ2v) is 4.74. The summed E-state index contributed by atoms with van der Waals surface area (Å²) in [6, 6.07) is 15.9. The van der Waals surface area contributed by atoms with Gasteiger partial charge in [-0.1, -0.05) is 54.2 Å². The van der Waals surface area contributed by atoms with Gasteiger partial charge in [-0.05, 0) is 12.1 Å². The highest BCUT2D eigenvalue weighted by atomic mass is 32.2. The Kier molecular flexibility index (Phi) is 4.52. The summed E-state index contributed by atoms with van der Waals surface area (Å²) in [6.45, 7) is 0. The molecule has 0 aliphatic carbocycles. The van der Waals surface area contributed by atoms with E-state index in [-0.39, 0.29) is 0 Å². The summed E-state index contributed by atoms with van der Waals surface area (Å²) >= 11 is 0.466. The van der Waals surface area contributed by atoms with Gasteiger partial charge in [-0.15, -0.1) is 0 Å². The molecule has 0 amide bonds. The molecule has 2 N–H and O–H groups in total. The average Bonchev–Trinajstić information content (AvgIpc) is 2.41. The predicted molar refractivity (Wildman–Crippen MR) is 75.1 cm³/mol. The van der Waals surface area contributed by atoms with Crippen molar-refractivity contribution in [3.8, 4) is 0 Å².